The molecule has 1 aromatic heterocycles. The van der Waals surface area contributed by atoms with Gasteiger partial charge in [-0.1, -0.05) is 23.8 Å². The lowest BCUT2D eigenvalue weighted by atomic mass is 10.2. The first-order chi connectivity index (χ1) is 14.1. The van der Waals surface area contributed by atoms with Gasteiger partial charge in [-0.2, -0.15) is 0 Å². The zero-order chi connectivity index (χ0) is 20.6. The summed E-state index contributed by atoms with van der Waals surface area (Å²) in [5, 5.41) is 11.5. The third kappa shape index (κ3) is 5.10. The predicted octanol–water partition coefficient (Wildman–Crippen LogP) is 3.01. The SMILES string of the molecule is COc1ccc(NC(=O)CCCCCn2nnc3ccccc3c2=O)c(OC)c1. The number of hydrogen-bond acceptors (Lipinski definition) is 6. The third-order valence-corrected chi connectivity index (χ3v) is 4.59. The lowest BCUT2D eigenvalue weighted by molar-refractivity contribution is -0.116. The van der Waals surface area contributed by atoms with E-state index >= 15 is 0 Å². The maximum absolute atomic E-state index is 12.4. The normalized spacial score (nSPS) is 10.7. The maximum Gasteiger partial charge on any atom is 0.277 e. The summed E-state index contributed by atoms with van der Waals surface area (Å²) in [7, 11) is 3.12. The molecule has 1 N–H and O–H groups in total. The summed E-state index contributed by atoms with van der Waals surface area (Å²) in [5.41, 5.74) is 1.07. The molecular formula is C21H24N4O4. The average molecular weight is 396 g/mol. The van der Waals surface area contributed by atoms with Gasteiger partial charge in [0.25, 0.3) is 5.56 Å². The minimum atomic E-state index is -0.139. The van der Waals surface area contributed by atoms with E-state index in [4.69, 9.17) is 9.47 Å². The van der Waals surface area contributed by atoms with Crippen LogP contribution in [0.15, 0.2) is 47.3 Å². The van der Waals surface area contributed by atoms with Crippen LogP contribution in [-0.4, -0.2) is 35.1 Å². The van der Waals surface area contributed by atoms with Crippen LogP contribution in [-0.2, 0) is 11.3 Å². The van der Waals surface area contributed by atoms with Crippen LogP contribution in [0.3, 0.4) is 0 Å². The van der Waals surface area contributed by atoms with Crippen LogP contribution in [0.5, 0.6) is 11.5 Å². The maximum atomic E-state index is 12.4. The van der Waals surface area contributed by atoms with E-state index in [1.165, 1.54) is 4.68 Å². The number of aromatic nitrogens is 3. The number of nitrogens with zero attached hydrogens (tertiary/aromatic N) is 3. The Kier molecular flexibility index (Phi) is 6.78. The second kappa shape index (κ2) is 9.68. The fourth-order valence-electron chi connectivity index (χ4n) is 3.01. The first kappa shape index (κ1) is 20.3. The number of unbranched alkanes of at least 4 members (excludes halogenated alkanes) is 2. The fraction of sp³-hybridized carbons (Fsp3) is 0.333. The number of carbonyl (C=O) groups excluding carboxylic acids is 1. The van der Waals surface area contributed by atoms with E-state index in [9.17, 15) is 9.59 Å². The molecule has 0 saturated heterocycles. The van der Waals surface area contributed by atoms with E-state index in [2.05, 4.69) is 15.6 Å². The van der Waals surface area contributed by atoms with Crippen molar-refractivity contribution in [3.05, 3.63) is 52.8 Å². The monoisotopic (exact) mass is 396 g/mol. The minimum absolute atomic E-state index is 0.0869. The van der Waals surface area contributed by atoms with Gasteiger partial charge >= 0.3 is 0 Å². The van der Waals surface area contributed by atoms with Gasteiger partial charge in [-0.15, -0.1) is 5.10 Å². The summed E-state index contributed by atoms with van der Waals surface area (Å²) in [5.74, 6) is 1.12. The molecule has 1 amide bonds. The molecule has 0 aliphatic rings. The van der Waals surface area contributed by atoms with E-state index in [1.807, 2.05) is 12.1 Å². The number of methoxy groups -OCH3 is 2. The number of anilines is 1. The first-order valence-corrected chi connectivity index (χ1v) is 9.47. The van der Waals surface area contributed by atoms with Gasteiger partial charge in [-0.25, -0.2) is 4.68 Å². The molecule has 1 heterocycles. The highest BCUT2D eigenvalue weighted by molar-refractivity contribution is 5.92. The molecular weight excluding hydrogens is 372 g/mol. The Hall–Kier alpha value is -3.42. The molecule has 29 heavy (non-hydrogen) atoms. The number of fused-ring (bicyclic) bond motifs is 1. The van der Waals surface area contributed by atoms with Crippen LogP contribution in [0.2, 0.25) is 0 Å². The topological polar surface area (TPSA) is 95.3 Å². The second-order valence-corrected chi connectivity index (χ2v) is 6.56. The molecule has 152 valence electrons. The molecule has 8 nitrogen and oxygen atoms in total. The van der Waals surface area contributed by atoms with Gasteiger partial charge in [0.1, 0.15) is 17.0 Å². The number of ether oxygens (including phenoxy) is 2. The van der Waals surface area contributed by atoms with Crippen molar-refractivity contribution in [1.29, 1.82) is 0 Å². The van der Waals surface area contributed by atoms with Crippen molar-refractivity contribution in [2.45, 2.75) is 32.2 Å². The Morgan fingerprint density at radius 1 is 1.07 bits per heavy atom. The summed E-state index contributed by atoms with van der Waals surface area (Å²) < 4.78 is 11.8. The molecule has 0 spiro atoms. The number of nitrogens with one attached hydrogen (secondary N) is 1. The number of hydrogen-bond donors (Lipinski definition) is 1. The summed E-state index contributed by atoms with van der Waals surface area (Å²) >= 11 is 0. The Balaban J connectivity index is 1.46. The zero-order valence-electron chi connectivity index (χ0n) is 16.6. The van der Waals surface area contributed by atoms with Crippen molar-refractivity contribution in [1.82, 2.24) is 15.0 Å². The molecule has 2 aromatic carbocycles. The molecule has 0 radical (unpaired) electrons. The molecule has 0 aliphatic carbocycles. The van der Waals surface area contributed by atoms with Crippen LogP contribution in [0.25, 0.3) is 10.9 Å². The highest BCUT2D eigenvalue weighted by Gasteiger charge is 2.09. The number of benzene rings is 2. The van der Waals surface area contributed by atoms with Gasteiger partial charge in [0, 0.05) is 19.0 Å². The van der Waals surface area contributed by atoms with Gasteiger partial charge in [0.05, 0.1) is 25.3 Å². The lowest BCUT2D eigenvalue weighted by Gasteiger charge is -2.11. The van der Waals surface area contributed by atoms with Crippen LogP contribution in [0.1, 0.15) is 25.7 Å². The molecule has 8 heteroatoms. The lowest BCUT2D eigenvalue weighted by Crippen LogP contribution is -2.24. The summed E-state index contributed by atoms with van der Waals surface area (Å²) in [6.07, 6.45) is 2.63. The average Bonchev–Trinajstić information content (AvgIpc) is 2.75. The van der Waals surface area contributed by atoms with Gasteiger partial charge < -0.3 is 14.8 Å². The van der Waals surface area contributed by atoms with E-state index in [1.54, 1.807) is 44.6 Å². The number of rotatable bonds is 9. The molecule has 0 aliphatic heterocycles. The molecule has 0 saturated carbocycles. The van der Waals surface area contributed by atoms with Crippen molar-refractivity contribution >= 4 is 22.5 Å². The molecule has 0 fully saturated rings. The molecule has 3 aromatic rings. The van der Waals surface area contributed by atoms with Crippen molar-refractivity contribution in [3.8, 4) is 11.5 Å². The second-order valence-electron chi connectivity index (χ2n) is 6.56. The van der Waals surface area contributed by atoms with Gasteiger partial charge in [0.15, 0.2) is 0 Å². The first-order valence-electron chi connectivity index (χ1n) is 9.47. The van der Waals surface area contributed by atoms with Crippen LogP contribution >= 0.6 is 0 Å². The van der Waals surface area contributed by atoms with E-state index in [0.29, 0.717) is 47.5 Å². The van der Waals surface area contributed by atoms with Crippen LogP contribution in [0.4, 0.5) is 5.69 Å². The van der Waals surface area contributed by atoms with E-state index in [0.717, 1.165) is 12.8 Å². The van der Waals surface area contributed by atoms with Crippen LogP contribution in [0, 0.1) is 0 Å². The minimum Gasteiger partial charge on any atom is -0.497 e. The molecule has 0 unspecified atom stereocenters. The third-order valence-electron chi connectivity index (χ3n) is 4.59. The van der Waals surface area contributed by atoms with E-state index in [-0.39, 0.29) is 11.5 Å². The summed E-state index contributed by atoms with van der Waals surface area (Å²) in [6.45, 7) is 0.477. The smallest absolute Gasteiger partial charge is 0.277 e. The largest absolute Gasteiger partial charge is 0.497 e. The van der Waals surface area contributed by atoms with Gasteiger partial charge in [-0.3, -0.25) is 9.59 Å². The van der Waals surface area contributed by atoms with E-state index < -0.39 is 0 Å². The highest BCUT2D eigenvalue weighted by Crippen LogP contribution is 2.29. The van der Waals surface area contributed by atoms with Crippen molar-refractivity contribution in [3.63, 3.8) is 0 Å². The zero-order valence-corrected chi connectivity index (χ0v) is 16.6. The standard InChI is InChI=1S/C21H24N4O4/c1-28-15-11-12-18(19(14-15)29-2)22-20(26)10-4-3-7-13-25-21(27)16-8-5-6-9-17(16)23-24-25/h5-6,8-9,11-12,14H,3-4,7,10,13H2,1-2H3,(H,22,26). The molecule has 0 atom stereocenters. The number of aryl methyl sites for hydroxylation is 1. The Morgan fingerprint density at radius 3 is 2.69 bits per heavy atom. The summed E-state index contributed by atoms with van der Waals surface area (Å²) in [4.78, 5) is 24.6. The van der Waals surface area contributed by atoms with Crippen molar-refractivity contribution < 1.29 is 14.3 Å². The fourth-order valence-corrected chi connectivity index (χ4v) is 3.01. The predicted molar refractivity (Wildman–Crippen MR) is 110 cm³/mol. The summed E-state index contributed by atoms with van der Waals surface area (Å²) in [6, 6.07) is 12.4. The van der Waals surface area contributed by atoms with Gasteiger partial charge in [-0.05, 0) is 37.1 Å². The Morgan fingerprint density at radius 2 is 1.90 bits per heavy atom. The number of amides is 1. The molecule has 3 rings (SSSR count). The van der Waals surface area contributed by atoms with Crippen LogP contribution < -0.4 is 20.3 Å². The Labute approximate surface area is 168 Å². The van der Waals surface area contributed by atoms with Crippen molar-refractivity contribution in [2.75, 3.05) is 19.5 Å². The van der Waals surface area contributed by atoms with Gasteiger partial charge in [0.2, 0.25) is 5.91 Å². The molecule has 0 bridgehead atoms. The number of carbonyl (C=O) groups is 1. The quantitative estimate of drug-likeness (QED) is 0.559. The van der Waals surface area contributed by atoms with Crippen molar-refractivity contribution in [2.24, 2.45) is 0 Å². The Bertz CT molecular complexity index is 1050. The highest BCUT2D eigenvalue weighted by atomic mass is 16.5.